The number of aliphatic hydroxyl groups is 1. The van der Waals surface area contributed by atoms with Crippen molar-refractivity contribution in [3.05, 3.63) is 65.2 Å². The number of rotatable bonds is 7. The number of hydrogen-bond acceptors (Lipinski definition) is 4. The van der Waals surface area contributed by atoms with E-state index in [-0.39, 0.29) is 12.6 Å². The van der Waals surface area contributed by atoms with Crippen LogP contribution in [0.5, 0.6) is 5.75 Å². The monoisotopic (exact) mass is 312 g/mol. The molecule has 3 rings (SSSR count). The van der Waals surface area contributed by atoms with Gasteiger partial charge in [-0.05, 0) is 23.6 Å². The minimum Gasteiger partial charge on any atom is -0.489 e. The summed E-state index contributed by atoms with van der Waals surface area (Å²) in [5.74, 6) is 0.941. The van der Waals surface area contributed by atoms with E-state index in [1.165, 1.54) is 11.1 Å². The molecule has 0 amide bonds. The zero-order valence-corrected chi connectivity index (χ0v) is 13.3. The van der Waals surface area contributed by atoms with Crippen LogP contribution in [0.2, 0.25) is 0 Å². The zero-order valence-electron chi connectivity index (χ0n) is 13.3. The van der Waals surface area contributed by atoms with Gasteiger partial charge in [-0.15, -0.1) is 0 Å². The second-order valence-corrected chi connectivity index (χ2v) is 5.90. The Morgan fingerprint density at radius 1 is 1.13 bits per heavy atom. The lowest BCUT2D eigenvalue weighted by Crippen LogP contribution is -2.29. The molecule has 0 fully saturated rings. The Morgan fingerprint density at radius 2 is 1.96 bits per heavy atom. The van der Waals surface area contributed by atoms with E-state index in [9.17, 15) is 0 Å². The maximum absolute atomic E-state index is 9.08. The highest BCUT2D eigenvalue weighted by Crippen LogP contribution is 2.38. The van der Waals surface area contributed by atoms with Crippen LogP contribution in [0.3, 0.4) is 0 Å². The molecule has 0 saturated carbocycles. The van der Waals surface area contributed by atoms with Gasteiger partial charge < -0.3 is 15.6 Å². The van der Waals surface area contributed by atoms with Gasteiger partial charge in [-0.2, -0.15) is 0 Å². The molecule has 0 aromatic heterocycles. The molecule has 4 heteroatoms. The molecule has 1 unspecified atom stereocenters. The standard InChI is InChI=1S/C19H24N2O2/c20-12-18-16-8-4-9-19(17(16)13-21(18)10-5-11-22)23-14-15-6-2-1-3-7-15/h1-4,6-9,18,22H,5,10-14,20H2. The van der Waals surface area contributed by atoms with Gasteiger partial charge in [0.2, 0.25) is 0 Å². The zero-order chi connectivity index (χ0) is 16.1. The number of fused-ring (bicyclic) bond motifs is 1. The molecule has 23 heavy (non-hydrogen) atoms. The summed E-state index contributed by atoms with van der Waals surface area (Å²) < 4.78 is 6.06. The lowest BCUT2D eigenvalue weighted by molar-refractivity contribution is 0.188. The van der Waals surface area contributed by atoms with Crippen molar-refractivity contribution in [2.24, 2.45) is 5.73 Å². The minimum absolute atomic E-state index is 0.210. The SMILES string of the molecule is NCC1c2cccc(OCc3ccccc3)c2CN1CCCO. The number of hydrogen-bond donors (Lipinski definition) is 2. The highest BCUT2D eigenvalue weighted by Gasteiger charge is 2.30. The molecule has 122 valence electrons. The average Bonchev–Trinajstić information content (AvgIpc) is 2.97. The Labute approximate surface area is 137 Å². The molecular formula is C19H24N2O2. The van der Waals surface area contributed by atoms with Crippen LogP contribution in [0.25, 0.3) is 0 Å². The Morgan fingerprint density at radius 3 is 2.70 bits per heavy atom. The van der Waals surface area contributed by atoms with Crippen LogP contribution in [-0.4, -0.2) is 29.7 Å². The molecule has 0 saturated heterocycles. The lowest BCUT2D eigenvalue weighted by Gasteiger charge is -2.23. The first-order valence-corrected chi connectivity index (χ1v) is 8.17. The number of aliphatic hydroxyl groups excluding tert-OH is 1. The van der Waals surface area contributed by atoms with Crippen LogP contribution < -0.4 is 10.5 Å². The lowest BCUT2D eigenvalue weighted by atomic mass is 10.0. The second kappa shape index (κ2) is 7.59. The summed E-state index contributed by atoms with van der Waals surface area (Å²) in [6, 6.07) is 16.6. The van der Waals surface area contributed by atoms with Gasteiger partial charge in [-0.3, -0.25) is 4.90 Å². The molecule has 2 aromatic rings. The summed E-state index contributed by atoms with van der Waals surface area (Å²) in [6.07, 6.45) is 0.769. The summed E-state index contributed by atoms with van der Waals surface area (Å²) in [5.41, 5.74) is 9.64. The first-order valence-electron chi connectivity index (χ1n) is 8.17. The second-order valence-electron chi connectivity index (χ2n) is 5.90. The van der Waals surface area contributed by atoms with E-state index >= 15 is 0 Å². The molecular weight excluding hydrogens is 288 g/mol. The van der Waals surface area contributed by atoms with Gasteiger partial charge in [0.05, 0.1) is 0 Å². The molecule has 0 spiro atoms. The van der Waals surface area contributed by atoms with E-state index in [2.05, 4.69) is 23.1 Å². The van der Waals surface area contributed by atoms with Crippen LogP contribution in [-0.2, 0) is 13.2 Å². The van der Waals surface area contributed by atoms with E-state index in [0.29, 0.717) is 13.2 Å². The van der Waals surface area contributed by atoms with Gasteiger partial charge in [-0.25, -0.2) is 0 Å². The van der Waals surface area contributed by atoms with Gasteiger partial charge in [-0.1, -0.05) is 42.5 Å². The van der Waals surface area contributed by atoms with Gasteiger partial charge in [0.15, 0.2) is 0 Å². The topological polar surface area (TPSA) is 58.7 Å². The Kier molecular flexibility index (Phi) is 5.28. The molecule has 2 aromatic carbocycles. The normalized spacial score (nSPS) is 17.2. The molecule has 3 N–H and O–H groups in total. The van der Waals surface area contributed by atoms with E-state index in [1.807, 2.05) is 30.3 Å². The van der Waals surface area contributed by atoms with E-state index < -0.39 is 0 Å². The van der Waals surface area contributed by atoms with Crippen molar-refractivity contribution in [1.82, 2.24) is 4.90 Å². The number of nitrogens with two attached hydrogens (primary N) is 1. The highest BCUT2D eigenvalue weighted by atomic mass is 16.5. The Bertz CT molecular complexity index is 631. The molecule has 4 nitrogen and oxygen atoms in total. The molecule has 1 aliphatic rings. The van der Waals surface area contributed by atoms with Crippen molar-refractivity contribution < 1.29 is 9.84 Å². The molecule has 1 aliphatic heterocycles. The van der Waals surface area contributed by atoms with E-state index in [1.54, 1.807) is 0 Å². The van der Waals surface area contributed by atoms with Gasteiger partial charge in [0.25, 0.3) is 0 Å². The fourth-order valence-corrected chi connectivity index (χ4v) is 3.23. The number of benzene rings is 2. The number of nitrogens with zero attached hydrogens (tertiary/aromatic N) is 1. The molecule has 0 radical (unpaired) electrons. The van der Waals surface area contributed by atoms with Crippen molar-refractivity contribution in [2.75, 3.05) is 19.7 Å². The third kappa shape index (κ3) is 3.55. The third-order valence-corrected chi connectivity index (χ3v) is 4.39. The number of ether oxygens (including phenoxy) is 1. The first kappa shape index (κ1) is 16.0. The molecule has 1 atom stereocenters. The van der Waals surface area contributed by atoms with Gasteiger partial charge in [0.1, 0.15) is 12.4 Å². The van der Waals surface area contributed by atoms with Crippen LogP contribution >= 0.6 is 0 Å². The fourth-order valence-electron chi connectivity index (χ4n) is 3.23. The summed E-state index contributed by atoms with van der Waals surface area (Å²) in [5, 5.41) is 9.08. The van der Waals surface area contributed by atoms with Crippen molar-refractivity contribution in [2.45, 2.75) is 25.6 Å². The van der Waals surface area contributed by atoms with Crippen molar-refractivity contribution in [3.63, 3.8) is 0 Å². The smallest absolute Gasteiger partial charge is 0.124 e. The van der Waals surface area contributed by atoms with E-state index in [4.69, 9.17) is 15.6 Å². The minimum atomic E-state index is 0.210. The van der Waals surface area contributed by atoms with Crippen LogP contribution in [0.4, 0.5) is 0 Å². The fraction of sp³-hybridized carbons (Fsp3) is 0.368. The van der Waals surface area contributed by atoms with Crippen LogP contribution in [0, 0.1) is 0 Å². The largest absolute Gasteiger partial charge is 0.489 e. The third-order valence-electron chi connectivity index (χ3n) is 4.39. The molecule has 1 heterocycles. The molecule has 0 aliphatic carbocycles. The average molecular weight is 312 g/mol. The van der Waals surface area contributed by atoms with E-state index in [0.717, 1.165) is 30.8 Å². The maximum atomic E-state index is 9.08. The Balaban J connectivity index is 1.76. The van der Waals surface area contributed by atoms with Gasteiger partial charge in [0, 0.05) is 37.8 Å². The summed E-state index contributed by atoms with van der Waals surface area (Å²) >= 11 is 0. The predicted octanol–water partition coefficient (Wildman–Crippen LogP) is 2.46. The van der Waals surface area contributed by atoms with Crippen molar-refractivity contribution >= 4 is 0 Å². The first-order chi connectivity index (χ1) is 11.3. The molecule has 0 bridgehead atoms. The van der Waals surface area contributed by atoms with Crippen LogP contribution in [0.1, 0.15) is 29.2 Å². The van der Waals surface area contributed by atoms with Crippen LogP contribution in [0.15, 0.2) is 48.5 Å². The maximum Gasteiger partial charge on any atom is 0.124 e. The summed E-state index contributed by atoms with van der Waals surface area (Å²) in [6.45, 7) is 3.05. The quantitative estimate of drug-likeness (QED) is 0.824. The highest BCUT2D eigenvalue weighted by molar-refractivity contribution is 5.45. The Hall–Kier alpha value is -1.88. The summed E-state index contributed by atoms with van der Waals surface area (Å²) in [4.78, 5) is 2.33. The predicted molar refractivity (Wildman–Crippen MR) is 91.1 cm³/mol. The summed E-state index contributed by atoms with van der Waals surface area (Å²) in [7, 11) is 0. The van der Waals surface area contributed by atoms with Gasteiger partial charge >= 0.3 is 0 Å². The van der Waals surface area contributed by atoms with Crippen molar-refractivity contribution in [3.8, 4) is 5.75 Å². The van der Waals surface area contributed by atoms with Crippen molar-refractivity contribution in [1.29, 1.82) is 0 Å².